The monoisotopic (exact) mass is 933 g/mol. The fourth-order valence-corrected chi connectivity index (χ4v) is 8.74. The number of likely N-dealkylation sites (N-methyl/N-ethyl adjacent to an activating group) is 2. The quantitative estimate of drug-likeness (QED) is 0.221. The van der Waals surface area contributed by atoms with Gasteiger partial charge < -0.3 is 45.8 Å². The van der Waals surface area contributed by atoms with E-state index in [-0.39, 0.29) is 76.4 Å². The number of fused-ring (bicyclic) bond motifs is 1. The number of nitrogens with one attached hydrogen (secondary N) is 3. The van der Waals surface area contributed by atoms with Crippen molar-refractivity contribution in [3.8, 4) is 0 Å². The van der Waals surface area contributed by atoms with Crippen molar-refractivity contribution < 1.29 is 56.9 Å². The fraction of sp³-hybridized carbons (Fsp3) is 0.690. The van der Waals surface area contributed by atoms with E-state index in [4.69, 9.17) is 23.2 Å². The molecule has 1 aromatic rings. The van der Waals surface area contributed by atoms with Crippen LogP contribution in [-0.2, 0) is 40.0 Å². The molecule has 352 valence electrons. The van der Waals surface area contributed by atoms with Gasteiger partial charge in [-0.15, -0.1) is 0 Å². The number of benzene rings is 1. The van der Waals surface area contributed by atoms with Gasteiger partial charge in [0.25, 0.3) is 5.91 Å². The van der Waals surface area contributed by atoms with Crippen LogP contribution in [0, 0.1) is 5.92 Å². The highest BCUT2D eigenvalue weighted by Crippen LogP contribution is 2.34. The van der Waals surface area contributed by atoms with Gasteiger partial charge in [0.05, 0.1) is 0 Å². The summed E-state index contributed by atoms with van der Waals surface area (Å²) in [6.45, 7) is 3.51. The van der Waals surface area contributed by atoms with Gasteiger partial charge in [-0.3, -0.25) is 33.6 Å². The number of alkyl halides is 3. The van der Waals surface area contributed by atoms with E-state index in [1.807, 2.05) is 13.8 Å². The Bertz CT molecular complexity index is 1860. The standard InChI is InChI=1S/C42H60Cl2F3N7O9/c1-24(2)21-29-38(60)52(5)33(23-25-22-26(43)14-15-27(25)44)39(61)53-18-9-7-12-31(53)34(56)48-17-8-6-11-30(35(57)50-29)51(4)37(59)28(16-20-55)49-36(58)32-13-10-19-54(32)40(62)41(3,63)42(45,46)47/h14-15,22,24,28-33,55,63H,6-13,16-21,23H2,1-5H3,(H,48,56)(H,49,58)(H,50,57)/t28-,29-,30-,31+,32-,33-,41+/m0/s1. The van der Waals surface area contributed by atoms with Crippen molar-refractivity contribution in [2.75, 3.05) is 40.3 Å². The van der Waals surface area contributed by atoms with Crippen molar-refractivity contribution in [3.05, 3.63) is 33.8 Å². The lowest BCUT2D eigenvalue weighted by Crippen LogP contribution is -2.62. The molecule has 16 nitrogen and oxygen atoms in total. The summed E-state index contributed by atoms with van der Waals surface area (Å²) in [5.74, 6) is -5.99. The number of likely N-dealkylation sites (tertiary alicyclic amines) is 1. The van der Waals surface area contributed by atoms with E-state index >= 15 is 0 Å². The molecule has 0 unspecified atom stereocenters. The number of piperidine rings is 1. The summed E-state index contributed by atoms with van der Waals surface area (Å²) in [4.78, 5) is 102. The van der Waals surface area contributed by atoms with Crippen LogP contribution in [0.2, 0.25) is 10.0 Å². The molecule has 3 fully saturated rings. The Morgan fingerprint density at radius 2 is 1.65 bits per heavy atom. The van der Waals surface area contributed by atoms with Crippen molar-refractivity contribution in [1.82, 2.24) is 35.6 Å². The molecule has 5 N–H and O–H groups in total. The lowest BCUT2D eigenvalue weighted by Gasteiger charge is -2.40. The number of amides is 7. The molecule has 4 rings (SSSR count). The van der Waals surface area contributed by atoms with Gasteiger partial charge in [-0.25, -0.2) is 0 Å². The summed E-state index contributed by atoms with van der Waals surface area (Å²) in [6, 6.07) is -2.73. The lowest BCUT2D eigenvalue weighted by atomic mass is 9.96. The second-order valence-electron chi connectivity index (χ2n) is 17.2. The second-order valence-corrected chi connectivity index (χ2v) is 18.0. The summed E-state index contributed by atoms with van der Waals surface area (Å²) >= 11 is 12.9. The molecule has 1 aromatic carbocycles. The highest BCUT2D eigenvalue weighted by atomic mass is 35.5. The van der Waals surface area contributed by atoms with Gasteiger partial charge in [0, 0.05) is 56.8 Å². The predicted molar refractivity (Wildman–Crippen MR) is 226 cm³/mol. The van der Waals surface area contributed by atoms with Gasteiger partial charge >= 0.3 is 6.18 Å². The topological polar surface area (TPSA) is 209 Å². The molecule has 7 amide bonds. The molecular weight excluding hydrogens is 874 g/mol. The lowest BCUT2D eigenvalue weighted by molar-refractivity contribution is -0.250. The van der Waals surface area contributed by atoms with E-state index in [0.29, 0.717) is 53.1 Å². The first-order valence-corrected chi connectivity index (χ1v) is 22.1. The van der Waals surface area contributed by atoms with Crippen LogP contribution in [0.1, 0.15) is 90.5 Å². The Kier molecular flexibility index (Phi) is 18.1. The molecule has 21 heteroatoms. The normalized spacial score (nSPS) is 24.9. The second kappa shape index (κ2) is 22.1. The molecule has 0 bridgehead atoms. The van der Waals surface area contributed by atoms with Crippen molar-refractivity contribution in [3.63, 3.8) is 0 Å². The highest BCUT2D eigenvalue weighted by Gasteiger charge is 2.59. The summed E-state index contributed by atoms with van der Waals surface area (Å²) in [5.41, 5.74) is -3.30. The molecular formula is C42H60Cl2F3N7O9. The van der Waals surface area contributed by atoms with E-state index in [2.05, 4.69) is 16.0 Å². The minimum atomic E-state index is -5.34. The third-order valence-electron chi connectivity index (χ3n) is 12.1. The van der Waals surface area contributed by atoms with Crippen LogP contribution < -0.4 is 16.0 Å². The van der Waals surface area contributed by atoms with E-state index in [1.165, 1.54) is 23.9 Å². The number of carbonyl (C=O) groups is 7. The van der Waals surface area contributed by atoms with Crippen LogP contribution in [0.5, 0.6) is 0 Å². The largest absolute Gasteiger partial charge is 0.426 e. The van der Waals surface area contributed by atoms with Gasteiger partial charge in [-0.05, 0) is 101 Å². The number of hydrogen-bond acceptors (Lipinski definition) is 9. The molecule has 0 radical (unpaired) electrons. The van der Waals surface area contributed by atoms with E-state index in [0.717, 1.165) is 4.90 Å². The molecule has 3 saturated heterocycles. The Hall–Kier alpha value is -4.20. The Morgan fingerprint density at radius 1 is 0.968 bits per heavy atom. The van der Waals surface area contributed by atoms with Gasteiger partial charge in [0.15, 0.2) is 0 Å². The molecule has 0 spiro atoms. The minimum absolute atomic E-state index is 0.0174. The van der Waals surface area contributed by atoms with Crippen molar-refractivity contribution >= 4 is 64.6 Å². The molecule has 0 saturated carbocycles. The number of aliphatic hydroxyl groups is 2. The molecule has 63 heavy (non-hydrogen) atoms. The highest BCUT2D eigenvalue weighted by molar-refractivity contribution is 6.33. The van der Waals surface area contributed by atoms with Crippen molar-refractivity contribution in [2.45, 2.75) is 139 Å². The van der Waals surface area contributed by atoms with Crippen LogP contribution in [0.4, 0.5) is 13.2 Å². The van der Waals surface area contributed by atoms with Crippen LogP contribution in [-0.4, -0.2) is 160 Å². The van der Waals surface area contributed by atoms with Crippen molar-refractivity contribution in [2.24, 2.45) is 5.92 Å². The number of rotatable bonds is 11. The summed E-state index contributed by atoms with van der Waals surface area (Å²) < 4.78 is 40.7. The summed E-state index contributed by atoms with van der Waals surface area (Å²) in [5, 5.41) is 28.8. The fourth-order valence-electron chi connectivity index (χ4n) is 8.35. The molecule has 3 aliphatic rings. The van der Waals surface area contributed by atoms with Crippen molar-refractivity contribution in [1.29, 1.82) is 0 Å². The third kappa shape index (κ3) is 12.5. The Labute approximate surface area is 375 Å². The Morgan fingerprint density at radius 3 is 2.30 bits per heavy atom. The molecule has 7 atom stereocenters. The third-order valence-corrected chi connectivity index (χ3v) is 12.7. The first kappa shape index (κ1) is 51.4. The first-order valence-electron chi connectivity index (χ1n) is 21.4. The molecule has 3 heterocycles. The maximum Gasteiger partial charge on any atom is 0.426 e. The minimum Gasteiger partial charge on any atom is -0.396 e. The zero-order valence-corrected chi connectivity index (χ0v) is 37.8. The zero-order chi connectivity index (χ0) is 47.0. The summed E-state index contributed by atoms with van der Waals surface area (Å²) in [7, 11) is 2.73. The van der Waals surface area contributed by atoms with E-state index in [9.17, 15) is 56.9 Å². The number of carbonyl (C=O) groups excluding carboxylic acids is 7. The Balaban J connectivity index is 1.66. The number of nitrogens with zero attached hydrogens (tertiary/aromatic N) is 4. The maximum absolute atomic E-state index is 14.6. The molecule has 0 aromatic heterocycles. The average Bonchev–Trinajstić information content (AvgIpc) is 3.72. The predicted octanol–water partition coefficient (Wildman–Crippen LogP) is 2.57. The van der Waals surface area contributed by atoms with Crippen LogP contribution in [0.25, 0.3) is 0 Å². The van der Waals surface area contributed by atoms with E-state index in [1.54, 1.807) is 18.2 Å². The van der Waals surface area contributed by atoms with Gasteiger partial charge in [0.1, 0.15) is 36.3 Å². The number of aliphatic hydroxyl groups excluding tert-OH is 1. The average molecular weight is 935 g/mol. The van der Waals surface area contributed by atoms with Gasteiger partial charge in [0.2, 0.25) is 41.0 Å². The molecule has 0 aliphatic carbocycles. The van der Waals surface area contributed by atoms with Gasteiger partial charge in [-0.2, -0.15) is 13.2 Å². The SMILES string of the molecule is CC(C)C[C@@H]1NC(=O)[C@@H](N(C)C(=O)[C@H](CCO)NC(=O)[C@@H]2CCCN2C(=O)[C@@](C)(O)C(F)(F)F)CCCCNC(=O)[C@H]2CCCCN2C(=O)[C@H](Cc2cc(Cl)ccc2Cl)N(C)C1=O. The number of halogens is 5. The van der Waals surface area contributed by atoms with E-state index < -0.39 is 90.1 Å². The summed E-state index contributed by atoms with van der Waals surface area (Å²) in [6.07, 6.45) is -3.22. The first-order chi connectivity index (χ1) is 29.5. The smallest absolute Gasteiger partial charge is 0.396 e. The molecule has 3 aliphatic heterocycles. The maximum atomic E-state index is 14.6. The van der Waals surface area contributed by atoms with Crippen LogP contribution in [0.3, 0.4) is 0 Å². The number of hydrogen-bond donors (Lipinski definition) is 5. The van der Waals surface area contributed by atoms with Gasteiger partial charge in [-0.1, -0.05) is 37.0 Å². The zero-order valence-electron chi connectivity index (χ0n) is 36.3. The van der Waals surface area contributed by atoms with Crippen LogP contribution in [0.15, 0.2) is 18.2 Å². The van der Waals surface area contributed by atoms with Crippen LogP contribution >= 0.6 is 23.2 Å².